The summed E-state index contributed by atoms with van der Waals surface area (Å²) in [6, 6.07) is 7.32. The maximum absolute atomic E-state index is 13.0. The predicted molar refractivity (Wildman–Crippen MR) is 171 cm³/mol. The number of benzene rings is 1. The van der Waals surface area contributed by atoms with E-state index in [2.05, 4.69) is 50.9 Å². The molecule has 1 aromatic heterocycles. The predicted octanol–water partition coefficient (Wildman–Crippen LogP) is 5.27. The summed E-state index contributed by atoms with van der Waals surface area (Å²) in [5, 5.41) is 8.98. The molecule has 2 unspecified atom stereocenters. The fourth-order valence-corrected chi connectivity index (χ4v) is 4.92. The van der Waals surface area contributed by atoms with E-state index >= 15 is 0 Å². The number of carbonyl (C=O) groups is 1. The number of aryl methyl sites for hydroxylation is 1. The number of hydrogen-bond donors (Lipinski definition) is 2. The quantitative estimate of drug-likeness (QED) is 0.356. The molecule has 2 aromatic rings. The summed E-state index contributed by atoms with van der Waals surface area (Å²) in [6.45, 7) is 7.56. The molecule has 2 amide bonds. The fourth-order valence-electron chi connectivity index (χ4n) is 4.83. The van der Waals surface area contributed by atoms with Crippen LogP contribution < -0.4 is 25.3 Å². The van der Waals surface area contributed by atoms with Gasteiger partial charge in [-0.1, -0.05) is 26.0 Å². The minimum absolute atomic E-state index is 0.174. The lowest BCUT2D eigenvalue weighted by atomic mass is 9.90. The molecule has 1 fully saturated rings. The van der Waals surface area contributed by atoms with E-state index < -0.39 is 0 Å². The number of hydrazone groups is 1. The molecule has 0 spiro atoms. The van der Waals surface area contributed by atoms with Crippen molar-refractivity contribution in [3.8, 4) is 17.2 Å². The number of nitrogens with two attached hydrogens (primary N) is 1. The second kappa shape index (κ2) is 16.7. The van der Waals surface area contributed by atoms with Gasteiger partial charge in [0.05, 0.1) is 33.2 Å². The van der Waals surface area contributed by atoms with E-state index in [0.29, 0.717) is 53.6 Å². The Labute approximate surface area is 256 Å². The highest BCUT2D eigenvalue weighted by atomic mass is 79.9. The van der Waals surface area contributed by atoms with Gasteiger partial charge in [0.15, 0.2) is 11.5 Å². The number of anilines is 1. The van der Waals surface area contributed by atoms with Crippen molar-refractivity contribution >= 4 is 39.6 Å². The number of aliphatic imine (C=N–C) groups is 1. The molecule has 2 atom stereocenters. The van der Waals surface area contributed by atoms with Crippen molar-refractivity contribution in [3.63, 3.8) is 0 Å². The number of pyridine rings is 1. The number of ether oxygens (including phenoxy) is 3. The molecule has 4 rings (SSSR count). The average molecular weight is 645 g/mol. The second-order valence-electron chi connectivity index (χ2n) is 9.93. The molecule has 2 aliphatic rings. The summed E-state index contributed by atoms with van der Waals surface area (Å²) >= 11 is 3.25. The zero-order valence-electron chi connectivity index (χ0n) is 24.9. The minimum atomic E-state index is -0.260. The lowest BCUT2D eigenvalue weighted by molar-refractivity contribution is 0.183. The third-order valence-electron chi connectivity index (χ3n) is 6.92. The summed E-state index contributed by atoms with van der Waals surface area (Å²) in [4.78, 5) is 23.5. The topological polar surface area (TPSA) is 127 Å². The molecule has 0 radical (unpaired) electrons. The van der Waals surface area contributed by atoms with Crippen LogP contribution in [0, 0.1) is 5.92 Å². The number of aromatic nitrogens is 1. The smallest absolute Gasteiger partial charge is 0.321 e. The van der Waals surface area contributed by atoms with Gasteiger partial charge in [0.1, 0.15) is 12.8 Å². The summed E-state index contributed by atoms with van der Waals surface area (Å²) in [7, 11) is 4.61. The number of urea groups is 1. The third-order valence-corrected chi connectivity index (χ3v) is 7.13. The molecule has 3 heterocycles. The SMILES string of the molecule is C=C(Br)/C=N\N1CN=C(C2CCCN(C(=O)Nc3cc(OC)c(OC)c(OC)c3)C2)CC1N.CCCc1cccnc1. The highest BCUT2D eigenvalue weighted by molar-refractivity contribution is 9.12. The van der Waals surface area contributed by atoms with Crippen molar-refractivity contribution in [1.82, 2.24) is 14.9 Å². The minimum Gasteiger partial charge on any atom is -0.493 e. The van der Waals surface area contributed by atoms with E-state index in [9.17, 15) is 4.79 Å². The van der Waals surface area contributed by atoms with E-state index in [4.69, 9.17) is 24.9 Å². The Morgan fingerprint density at radius 3 is 2.57 bits per heavy atom. The summed E-state index contributed by atoms with van der Waals surface area (Å²) in [5.41, 5.74) is 9.23. The van der Waals surface area contributed by atoms with Crippen LogP contribution in [0.2, 0.25) is 0 Å². The first-order valence-corrected chi connectivity index (χ1v) is 14.8. The summed E-state index contributed by atoms with van der Waals surface area (Å²) in [5.74, 6) is 1.60. The van der Waals surface area contributed by atoms with Crippen LogP contribution in [0.5, 0.6) is 17.2 Å². The first-order valence-electron chi connectivity index (χ1n) is 14.0. The Morgan fingerprint density at radius 2 is 2.00 bits per heavy atom. The molecular formula is C30H42BrN7O4. The molecule has 228 valence electrons. The number of allylic oxidation sites excluding steroid dienone is 1. The highest BCUT2D eigenvalue weighted by Gasteiger charge is 2.31. The molecular weight excluding hydrogens is 602 g/mol. The average Bonchev–Trinajstić information content (AvgIpc) is 3.00. The van der Waals surface area contributed by atoms with Crippen molar-refractivity contribution < 1.29 is 19.0 Å². The first-order chi connectivity index (χ1) is 20.3. The fraction of sp³-hybridized carbons (Fsp3) is 0.467. The molecule has 11 nitrogen and oxygen atoms in total. The van der Waals surface area contributed by atoms with Gasteiger partial charge in [-0.2, -0.15) is 5.10 Å². The maximum Gasteiger partial charge on any atom is 0.321 e. The number of piperidine rings is 1. The summed E-state index contributed by atoms with van der Waals surface area (Å²) < 4.78 is 16.8. The van der Waals surface area contributed by atoms with Crippen molar-refractivity contribution in [3.05, 3.63) is 53.3 Å². The van der Waals surface area contributed by atoms with Crippen molar-refractivity contribution in [2.24, 2.45) is 21.7 Å². The standard InChI is InChI=1S/C22H31BrN6O4.C8H11N/c1-14(23)11-26-29-13-25-17(10-20(29)24)15-6-5-7-28(12-15)22(30)27-16-8-18(31-2)21(33-4)19(9-16)32-3;1-2-4-8-5-3-6-9-7-8/h8-9,11,15,20H,1,5-7,10,12-13,24H2,2-4H3,(H,27,30);3,5-7H,2,4H2,1H3/b26-11-;. The van der Waals surface area contributed by atoms with Gasteiger partial charge >= 0.3 is 6.03 Å². The van der Waals surface area contributed by atoms with Crippen LogP contribution in [-0.2, 0) is 6.42 Å². The van der Waals surface area contributed by atoms with Crippen LogP contribution in [0.15, 0.2) is 57.8 Å². The van der Waals surface area contributed by atoms with E-state index in [-0.39, 0.29) is 18.1 Å². The van der Waals surface area contributed by atoms with Crippen LogP contribution in [0.4, 0.5) is 10.5 Å². The van der Waals surface area contributed by atoms with E-state index in [1.165, 1.54) is 33.3 Å². The number of nitrogens with zero attached hydrogens (tertiary/aromatic N) is 5. The van der Waals surface area contributed by atoms with Gasteiger partial charge in [-0.05, 0) is 46.8 Å². The van der Waals surface area contributed by atoms with Crippen LogP contribution in [0.1, 0.15) is 38.2 Å². The van der Waals surface area contributed by atoms with Crippen molar-refractivity contribution in [1.29, 1.82) is 0 Å². The van der Waals surface area contributed by atoms with Gasteiger partial charge in [-0.3, -0.25) is 15.0 Å². The molecule has 0 aliphatic carbocycles. The van der Waals surface area contributed by atoms with Gasteiger partial charge in [0.2, 0.25) is 5.75 Å². The molecule has 2 aliphatic heterocycles. The first kappa shape index (κ1) is 32.9. The molecule has 42 heavy (non-hydrogen) atoms. The molecule has 1 saturated heterocycles. The molecule has 3 N–H and O–H groups in total. The van der Waals surface area contributed by atoms with E-state index in [1.807, 2.05) is 17.2 Å². The van der Waals surface area contributed by atoms with Crippen LogP contribution in [-0.4, -0.2) is 80.1 Å². The number of hydrogen-bond acceptors (Lipinski definition) is 9. The van der Waals surface area contributed by atoms with E-state index in [1.54, 1.807) is 29.6 Å². The van der Waals surface area contributed by atoms with Crippen molar-refractivity contribution in [2.75, 3.05) is 46.4 Å². The number of carbonyl (C=O) groups excluding carboxylic acids is 1. The zero-order valence-corrected chi connectivity index (χ0v) is 26.5. The third kappa shape index (κ3) is 9.45. The highest BCUT2D eigenvalue weighted by Crippen LogP contribution is 2.40. The number of nitrogens with one attached hydrogen (secondary N) is 1. The Kier molecular flexibility index (Phi) is 13.1. The number of methoxy groups -OCH3 is 3. The number of halogens is 1. The Hall–Kier alpha value is -3.64. The van der Waals surface area contributed by atoms with Gasteiger partial charge in [0.25, 0.3) is 0 Å². The second-order valence-corrected chi connectivity index (χ2v) is 11.0. The zero-order chi connectivity index (χ0) is 30.5. The van der Waals surface area contributed by atoms with Crippen LogP contribution in [0.25, 0.3) is 0 Å². The number of rotatable bonds is 9. The number of amides is 2. The van der Waals surface area contributed by atoms with Gasteiger partial charge in [-0.25, -0.2) is 4.79 Å². The normalized spacial score (nSPS) is 18.5. The lowest BCUT2D eigenvalue weighted by Crippen LogP contribution is -2.49. The molecule has 0 bridgehead atoms. The Bertz CT molecular complexity index is 1220. The van der Waals surface area contributed by atoms with Gasteiger partial charge < -0.3 is 30.2 Å². The Morgan fingerprint density at radius 1 is 1.26 bits per heavy atom. The largest absolute Gasteiger partial charge is 0.493 e. The van der Waals surface area contributed by atoms with Gasteiger partial charge in [0, 0.05) is 60.1 Å². The van der Waals surface area contributed by atoms with Crippen LogP contribution in [0.3, 0.4) is 0 Å². The van der Waals surface area contributed by atoms with E-state index in [0.717, 1.165) is 25.0 Å². The lowest BCUT2D eigenvalue weighted by Gasteiger charge is -2.37. The van der Waals surface area contributed by atoms with Crippen LogP contribution >= 0.6 is 15.9 Å². The number of likely N-dealkylation sites (tertiary alicyclic amines) is 1. The maximum atomic E-state index is 13.0. The van der Waals surface area contributed by atoms with Crippen molar-refractivity contribution in [2.45, 2.75) is 45.2 Å². The molecule has 0 saturated carbocycles. The monoisotopic (exact) mass is 643 g/mol. The molecule has 1 aromatic carbocycles. The Balaban J connectivity index is 0.000000458. The molecule has 12 heteroatoms. The van der Waals surface area contributed by atoms with Gasteiger partial charge in [-0.15, -0.1) is 0 Å². The summed E-state index contributed by atoms with van der Waals surface area (Å²) in [6.07, 6.45) is 9.90.